The van der Waals surface area contributed by atoms with Crippen molar-refractivity contribution in [2.24, 2.45) is 0 Å². The largest absolute Gasteiger partial charge is 0.422 e. The molecular formula is C21H21NO2. The van der Waals surface area contributed by atoms with Crippen molar-refractivity contribution in [3.63, 3.8) is 0 Å². The first-order valence-electron chi connectivity index (χ1n) is 7.94. The van der Waals surface area contributed by atoms with Gasteiger partial charge >= 0.3 is 5.97 Å². The van der Waals surface area contributed by atoms with Crippen LogP contribution in [0, 0.1) is 13.8 Å². The maximum atomic E-state index is 12.2. The van der Waals surface area contributed by atoms with Gasteiger partial charge in [-0.05, 0) is 55.3 Å². The molecule has 1 aliphatic heterocycles. The lowest BCUT2D eigenvalue weighted by atomic mass is 10.0. The molecule has 2 aromatic carbocycles. The Bertz CT molecular complexity index is 843. The summed E-state index contributed by atoms with van der Waals surface area (Å²) in [6.07, 6.45) is 3.68. The lowest BCUT2D eigenvalue weighted by Crippen LogP contribution is -2.07. The minimum atomic E-state index is -0.303. The molecule has 0 N–H and O–H groups in total. The number of nitrogens with zero attached hydrogens (tertiary/aromatic N) is 1. The van der Waals surface area contributed by atoms with Gasteiger partial charge in [-0.3, -0.25) is 0 Å². The van der Waals surface area contributed by atoms with Crippen LogP contribution in [0.25, 0.3) is 11.8 Å². The summed E-state index contributed by atoms with van der Waals surface area (Å²) in [7, 11) is 4.00. The zero-order valence-corrected chi connectivity index (χ0v) is 14.5. The van der Waals surface area contributed by atoms with E-state index in [4.69, 9.17) is 4.74 Å². The van der Waals surface area contributed by atoms with Crippen molar-refractivity contribution < 1.29 is 9.53 Å². The molecule has 0 saturated carbocycles. The highest BCUT2D eigenvalue weighted by Gasteiger charge is 2.23. The van der Waals surface area contributed by atoms with Gasteiger partial charge in [-0.25, -0.2) is 4.79 Å². The van der Waals surface area contributed by atoms with Gasteiger partial charge in [-0.1, -0.05) is 29.8 Å². The van der Waals surface area contributed by atoms with Crippen molar-refractivity contribution in [2.75, 3.05) is 19.0 Å². The van der Waals surface area contributed by atoms with E-state index in [9.17, 15) is 4.79 Å². The Morgan fingerprint density at radius 3 is 2.38 bits per heavy atom. The van der Waals surface area contributed by atoms with Crippen molar-refractivity contribution in [2.45, 2.75) is 13.8 Å². The van der Waals surface area contributed by atoms with Gasteiger partial charge in [0.05, 0.1) is 5.57 Å². The Morgan fingerprint density at radius 1 is 1.00 bits per heavy atom. The summed E-state index contributed by atoms with van der Waals surface area (Å²) in [5.74, 6) is 0.319. The number of hydrogen-bond acceptors (Lipinski definition) is 3. The molecule has 1 heterocycles. The average molecular weight is 319 g/mol. The van der Waals surface area contributed by atoms with Crippen LogP contribution in [0.1, 0.15) is 22.3 Å². The molecule has 3 heteroatoms. The summed E-state index contributed by atoms with van der Waals surface area (Å²) in [6, 6.07) is 14.2. The third kappa shape index (κ3) is 3.25. The second kappa shape index (κ2) is 6.36. The van der Waals surface area contributed by atoms with Crippen LogP contribution >= 0.6 is 0 Å². The molecule has 0 radical (unpaired) electrons. The van der Waals surface area contributed by atoms with Gasteiger partial charge in [0.1, 0.15) is 5.76 Å². The fourth-order valence-corrected chi connectivity index (χ4v) is 2.67. The summed E-state index contributed by atoms with van der Waals surface area (Å²) in [5.41, 5.74) is 5.88. The first-order valence-corrected chi connectivity index (χ1v) is 7.94. The van der Waals surface area contributed by atoms with Gasteiger partial charge in [0.2, 0.25) is 0 Å². The Kier molecular flexibility index (Phi) is 4.26. The lowest BCUT2D eigenvalue weighted by molar-refractivity contribution is -0.130. The van der Waals surface area contributed by atoms with E-state index in [-0.39, 0.29) is 5.97 Å². The van der Waals surface area contributed by atoms with Gasteiger partial charge in [0.15, 0.2) is 0 Å². The maximum Gasteiger partial charge on any atom is 0.343 e. The van der Waals surface area contributed by atoms with Crippen LogP contribution in [-0.2, 0) is 9.53 Å². The van der Waals surface area contributed by atoms with Crippen LogP contribution in [0.4, 0.5) is 5.69 Å². The summed E-state index contributed by atoms with van der Waals surface area (Å²) in [4.78, 5) is 14.2. The monoisotopic (exact) mass is 319 g/mol. The van der Waals surface area contributed by atoms with Crippen LogP contribution in [0.3, 0.4) is 0 Å². The molecule has 0 unspecified atom stereocenters. The number of benzene rings is 2. The van der Waals surface area contributed by atoms with E-state index in [0.29, 0.717) is 11.3 Å². The molecule has 0 atom stereocenters. The van der Waals surface area contributed by atoms with Crippen molar-refractivity contribution >= 4 is 23.5 Å². The van der Waals surface area contributed by atoms with Crippen LogP contribution in [0.2, 0.25) is 0 Å². The second-order valence-electron chi connectivity index (χ2n) is 6.30. The molecule has 0 fully saturated rings. The first-order chi connectivity index (χ1) is 11.4. The highest BCUT2D eigenvalue weighted by Crippen LogP contribution is 2.30. The zero-order valence-electron chi connectivity index (χ0n) is 14.5. The summed E-state index contributed by atoms with van der Waals surface area (Å²) in [5, 5.41) is 0. The number of carbonyl (C=O) groups is 1. The fraction of sp³-hybridized carbons (Fsp3) is 0.190. The standard InChI is InChI=1S/C21H21NO2/c1-14-5-6-15(2)19(11-14)20-13-17(21(23)24-20)12-16-7-9-18(10-8-16)22(3)4/h5-13H,1-4H3/b17-12-. The van der Waals surface area contributed by atoms with Gasteiger partial charge in [0.25, 0.3) is 0 Å². The van der Waals surface area contributed by atoms with Crippen molar-refractivity contribution in [3.8, 4) is 0 Å². The number of anilines is 1. The van der Waals surface area contributed by atoms with Gasteiger partial charge in [-0.15, -0.1) is 0 Å². The van der Waals surface area contributed by atoms with Crippen LogP contribution in [-0.4, -0.2) is 20.1 Å². The Hall–Kier alpha value is -2.81. The van der Waals surface area contributed by atoms with E-state index >= 15 is 0 Å². The quantitative estimate of drug-likeness (QED) is 0.622. The number of ether oxygens (including phenoxy) is 1. The number of aryl methyl sites for hydroxylation is 2. The molecular weight excluding hydrogens is 298 g/mol. The Labute approximate surface area is 142 Å². The predicted octanol–water partition coefficient (Wildman–Crippen LogP) is 4.35. The molecule has 3 nitrogen and oxygen atoms in total. The first kappa shape index (κ1) is 16.1. The number of esters is 1. The molecule has 122 valence electrons. The Balaban J connectivity index is 1.92. The number of carbonyl (C=O) groups excluding carboxylic acids is 1. The molecule has 24 heavy (non-hydrogen) atoms. The second-order valence-corrected chi connectivity index (χ2v) is 6.30. The highest BCUT2D eigenvalue weighted by molar-refractivity contribution is 6.05. The minimum Gasteiger partial charge on any atom is -0.422 e. The number of cyclic esters (lactones) is 1. The highest BCUT2D eigenvalue weighted by atomic mass is 16.5. The van der Waals surface area contributed by atoms with E-state index < -0.39 is 0 Å². The van der Waals surface area contributed by atoms with Crippen molar-refractivity contribution in [3.05, 3.63) is 76.4 Å². The predicted molar refractivity (Wildman–Crippen MR) is 98.7 cm³/mol. The molecule has 2 aromatic rings. The molecule has 0 aliphatic carbocycles. The van der Waals surface area contributed by atoms with E-state index in [1.807, 2.05) is 81.4 Å². The number of rotatable bonds is 3. The SMILES string of the molecule is Cc1ccc(C)c(C2=C/C(=C/c3ccc(N(C)C)cc3)C(=O)O2)c1. The normalized spacial score (nSPS) is 15.4. The average Bonchev–Trinajstić information content (AvgIpc) is 2.91. The van der Waals surface area contributed by atoms with Crippen LogP contribution in [0.5, 0.6) is 0 Å². The summed E-state index contributed by atoms with van der Waals surface area (Å²) in [6.45, 7) is 4.05. The molecule has 0 saturated heterocycles. The van der Waals surface area contributed by atoms with Crippen molar-refractivity contribution in [1.82, 2.24) is 0 Å². The summed E-state index contributed by atoms with van der Waals surface area (Å²) >= 11 is 0. The van der Waals surface area contributed by atoms with Crippen LogP contribution < -0.4 is 4.90 Å². The smallest absolute Gasteiger partial charge is 0.343 e. The van der Waals surface area contributed by atoms with E-state index in [1.165, 1.54) is 0 Å². The summed E-state index contributed by atoms with van der Waals surface area (Å²) < 4.78 is 5.48. The molecule has 0 bridgehead atoms. The Morgan fingerprint density at radius 2 is 1.71 bits per heavy atom. The van der Waals surface area contributed by atoms with Crippen molar-refractivity contribution in [1.29, 1.82) is 0 Å². The van der Waals surface area contributed by atoms with Gasteiger partial charge < -0.3 is 9.64 Å². The molecule has 3 rings (SSSR count). The third-order valence-corrected chi connectivity index (χ3v) is 4.12. The molecule has 0 spiro atoms. The minimum absolute atomic E-state index is 0.303. The lowest BCUT2D eigenvalue weighted by Gasteiger charge is -2.11. The van der Waals surface area contributed by atoms with Gasteiger partial charge in [-0.2, -0.15) is 0 Å². The zero-order chi connectivity index (χ0) is 17.3. The number of hydrogen-bond donors (Lipinski definition) is 0. The fourth-order valence-electron chi connectivity index (χ4n) is 2.67. The topological polar surface area (TPSA) is 29.5 Å². The van der Waals surface area contributed by atoms with Crippen LogP contribution in [0.15, 0.2) is 54.1 Å². The molecule has 0 aromatic heterocycles. The maximum absolute atomic E-state index is 12.2. The van der Waals surface area contributed by atoms with E-state index in [0.717, 1.165) is 27.9 Å². The molecule has 0 amide bonds. The van der Waals surface area contributed by atoms with E-state index in [1.54, 1.807) is 0 Å². The van der Waals surface area contributed by atoms with Gasteiger partial charge in [0, 0.05) is 25.3 Å². The molecule has 1 aliphatic rings. The third-order valence-electron chi connectivity index (χ3n) is 4.12. The van der Waals surface area contributed by atoms with E-state index in [2.05, 4.69) is 6.07 Å².